The molecule has 1 fully saturated rings. The fourth-order valence-corrected chi connectivity index (χ4v) is 3.20. The van der Waals surface area contributed by atoms with Crippen LogP contribution in [0.15, 0.2) is 18.2 Å². The first-order chi connectivity index (χ1) is 10.3. The number of urea groups is 1. The van der Waals surface area contributed by atoms with Gasteiger partial charge in [0.2, 0.25) is 0 Å². The van der Waals surface area contributed by atoms with E-state index in [1.165, 1.54) is 30.4 Å². The second-order valence-electron chi connectivity index (χ2n) is 6.03. The molecule has 1 aromatic carbocycles. The van der Waals surface area contributed by atoms with Crippen molar-refractivity contribution in [3.05, 3.63) is 29.3 Å². The Morgan fingerprint density at radius 1 is 1.24 bits per heavy atom. The third-order valence-electron chi connectivity index (χ3n) is 4.39. The van der Waals surface area contributed by atoms with Crippen LogP contribution in [0.25, 0.3) is 0 Å². The minimum absolute atomic E-state index is 0.0219. The van der Waals surface area contributed by atoms with Crippen molar-refractivity contribution >= 4 is 6.03 Å². The van der Waals surface area contributed by atoms with Crippen LogP contribution >= 0.6 is 0 Å². The Morgan fingerprint density at radius 2 is 2.10 bits per heavy atom. The smallest absolute Gasteiger partial charge is 0.315 e. The van der Waals surface area contributed by atoms with Crippen LogP contribution in [-0.2, 0) is 12.8 Å². The zero-order valence-electron chi connectivity index (χ0n) is 12.5. The summed E-state index contributed by atoms with van der Waals surface area (Å²) < 4.78 is 5.50. The van der Waals surface area contributed by atoms with E-state index in [4.69, 9.17) is 4.74 Å². The van der Waals surface area contributed by atoms with Gasteiger partial charge in [0.25, 0.3) is 0 Å². The molecule has 1 aliphatic heterocycles. The molecule has 0 atom stereocenters. The monoisotopic (exact) mass is 288 g/mol. The Kier molecular flexibility index (Phi) is 4.63. The Balaban J connectivity index is 1.40. The Hall–Kier alpha value is -1.71. The second kappa shape index (κ2) is 6.83. The second-order valence-corrected chi connectivity index (χ2v) is 6.03. The number of hydrogen-bond donors (Lipinski definition) is 2. The van der Waals surface area contributed by atoms with Crippen molar-refractivity contribution in [1.29, 1.82) is 0 Å². The Labute approximate surface area is 126 Å². The highest BCUT2D eigenvalue weighted by molar-refractivity contribution is 5.74. The van der Waals surface area contributed by atoms with Gasteiger partial charge in [0.1, 0.15) is 5.75 Å². The summed E-state index contributed by atoms with van der Waals surface area (Å²) in [5.41, 5.74) is 2.55. The zero-order chi connectivity index (χ0) is 14.5. The molecule has 0 radical (unpaired) electrons. The highest BCUT2D eigenvalue weighted by Gasteiger charge is 2.15. The van der Waals surface area contributed by atoms with Crippen molar-refractivity contribution < 1.29 is 9.53 Å². The number of carbonyl (C=O) groups is 1. The van der Waals surface area contributed by atoms with Gasteiger partial charge in [-0.2, -0.15) is 0 Å². The lowest BCUT2D eigenvalue weighted by Crippen LogP contribution is -2.43. The molecule has 0 aromatic heterocycles. The van der Waals surface area contributed by atoms with E-state index in [1.807, 2.05) is 6.07 Å². The van der Waals surface area contributed by atoms with Gasteiger partial charge in [0, 0.05) is 19.0 Å². The van der Waals surface area contributed by atoms with Gasteiger partial charge in [-0.05, 0) is 36.5 Å². The largest absolute Gasteiger partial charge is 0.493 e. The van der Waals surface area contributed by atoms with Crippen molar-refractivity contribution in [3.63, 3.8) is 0 Å². The fraction of sp³-hybridized carbons (Fsp3) is 0.588. The van der Waals surface area contributed by atoms with E-state index in [0.29, 0.717) is 12.6 Å². The summed E-state index contributed by atoms with van der Waals surface area (Å²) >= 11 is 0. The number of hydrogen-bond acceptors (Lipinski definition) is 2. The molecule has 21 heavy (non-hydrogen) atoms. The third kappa shape index (κ3) is 3.90. The van der Waals surface area contributed by atoms with Crippen molar-refractivity contribution in [2.75, 3.05) is 13.2 Å². The normalized spacial score (nSPS) is 17.9. The van der Waals surface area contributed by atoms with Crippen LogP contribution < -0.4 is 15.4 Å². The predicted molar refractivity (Wildman–Crippen MR) is 82.8 cm³/mol. The first kappa shape index (κ1) is 14.2. The highest BCUT2D eigenvalue weighted by atomic mass is 16.5. The van der Waals surface area contributed by atoms with Crippen molar-refractivity contribution in [1.82, 2.24) is 10.6 Å². The molecule has 1 aromatic rings. The molecule has 4 nitrogen and oxygen atoms in total. The number of amides is 2. The van der Waals surface area contributed by atoms with Crippen LogP contribution in [0.3, 0.4) is 0 Å². The van der Waals surface area contributed by atoms with E-state index in [1.54, 1.807) is 0 Å². The number of ether oxygens (including phenoxy) is 1. The molecule has 0 unspecified atom stereocenters. The van der Waals surface area contributed by atoms with Crippen molar-refractivity contribution in [2.24, 2.45) is 0 Å². The van der Waals surface area contributed by atoms with Crippen molar-refractivity contribution in [3.8, 4) is 5.75 Å². The molecule has 114 valence electrons. The molecule has 2 N–H and O–H groups in total. The molecular formula is C17H24N2O2. The Morgan fingerprint density at radius 3 is 2.95 bits per heavy atom. The summed E-state index contributed by atoms with van der Waals surface area (Å²) in [5.74, 6) is 1.02. The number of fused-ring (bicyclic) bond motifs is 1. The van der Waals surface area contributed by atoms with E-state index in [2.05, 4.69) is 22.8 Å². The lowest BCUT2D eigenvalue weighted by atomic mass is 9.96. The van der Waals surface area contributed by atoms with Crippen LogP contribution in [0.2, 0.25) is 0 Å². The van der Waals surface area contributed by atoms with Crippen molar-refractivity contribution in [2.45, 2.75) is 51.0 Å². The van der Waals surface area contributed by atoms with Gasteiger partial charge in [-0.15, -0.1) is 0 Å². The molecule has 4 heteroatoms. The van der Waals surface area contributed by atoms with E-state index >= 15 is 0 Å². The SMILES string of the molecule is O=C(NCCc1ccc2c(c1)CCO2)NC1CCCCC1. The number of nitrogens with one attached hydrogen (secondary N) is 2. The molecule has 0 spiro atoms. The third-order valence-corrected chi connectivity index (χ3v) is 4.39. The molecular weight excluding hydrogens is 264 g/mol. The zero-order valence-corrected chi connectivity index (χ0v) is 12.5. The summed E-state index contributed by atoms with van der Waals surface area (Å²) in [6.45, 7) is 1.47. The van der Waals surface area contributed by atoms with Crippen LogP contribution in [0, 0.1) is 0 Å². The maximum absolute atomic E-state index is 11.8. The van der Waals surface area contributed by atoms with E-state index < -0.39 is 0 Å². The van der Waals surface area contributed by atoms with Gasteiger partial charge in [-0.3, -0.25) is 0 Å². The van der Waals surface area contributed by atoms with Gasteiger partial charge >= 0.3 is 6.03 Å². The van der Waals surface area contributed by atoms with Gasteiger partial charge in [-0.1, -0.05) is 31.4 Å². The average molecular weight is 288 g/mol. The summed E-state index contributed by atoms with van der Waals surface area (Å²) in [6.07, 6.45) is 7.90. The topological polar surface area (TPSA) is 50.4 Å². The molecule has 1 aliphatic carbocycles. The van der Waals surface area contributed by atoms with Crippen LogP contribution in [0.5, 0.6) is 5.75 Å². The van der Waals surface area contributed by atoms with Gasteiger partial charge < -0.3 is 15.4 Å². The maximum Gasteiger partial charge on any atom is 0.315 e. The fourth-order valence-electron chi connectivity index (χ4n) is 3.20. The minimum atomic E-state index is -0.0219. The summed E-state index contributed by atoms with van der Waals surface area (Å²) in [5, 5.41) is 6.04. The van der Waals surface area contributed by atoms with E-state index in [0.717, 1.165) is 38.0 Å². The molecule has 0 bridgehead atoms. The van der Waals surface area contributed by atoms with Gasteiger partial charge in [0.05, 0.1) is 6.61 Å². The molecule has 2 amide bonds. The van der Waals surface area contributed by atoms with E-state index in [9.17, 15) is 4.79 Å². The van der Waals surface area contributed by atoms with Crippen LogP contribution in [-0.4, -0.2) is 25.2 Å². The summed E-state index contributed by atoms with van der Waals surface area (Å²) in [6, 6.07) is 6.68. The Bertz CT molecular complexity index is 496. The van der Waals surface area contributed by atoms with Gasteiger partial charge in [0.15, 0.2) is 0 Å². The van der Waals surface area contributed by atoms with E-state index in [-0.39, 0.29) is 6.03 Å². The first-order valence-corrected chi connectivity index (χ1v) is 8.10. The lowest BCUT2D eigenvalue weighted by Gasteiger charge is -2.22. The summed E-state index contributed by atoms with van der Waals surface area (Å²) in [4.78, 5) is 11.8. The minimum Gasteiger partial charge on any atom is -0.493 e. The maximum atomic E-state index is 11.8. The van der Waals surface area contributed by atoms with Crippen LogP contribution in [0.1, 0.15) is 43.2 Å². The number of rotatable bonds is 4. The lowest BCUT2D eigenvalue weighted by molar-refractivity contribution is 0.233. The van der Waals surface area contributed by atoms with Gasteiger partial charge in [-0.25, -0.2) is 4.79 Å². The number of benzene rings is 1. The first-order valence-electron chi connectivity index (χ1n) is 8.10. The quantitative estimate of drug-likeness (QED) is 0.895. The molecule has 1 heterocycles. The highest BCUT2D eigenvalue weighted by Crippen LogP contribution is 2.25. The summed E-state index contributed by atoms with van der Waals surface area (Å²) in [7, 11) is 0. The number of carbonyl (C=O) groups excluding carboxylic acids is 1. The molecule has 3 rings (SSSR count). The average Bonchev–Trinajstić information content (AvgIpc) is 2.96. The molecule has 2 aliphatic rings. The standard InChI is InChI=1S/C17H24N2O2/c20-17(19-15-4-2-1-3-5-15)18-10-8-13-6-7-16-14(12-13)9-11-21-16/h6-7,12,15H,1-5,8-11H2,(H2,18,19,20). The predicted octanol–water partition coefficient (Wildman–Crippen LogP) is 2.80. The van der Waals surface area contributed by atoms with Crippen LogP contribution in [0.4, 0.5) is 4.79 Å². The molecule has 1 saturated carbocycles. The molecule has 0 saturated heterocycles.